The molecule has 0 bridgehead atoms. The molecule has 26 heavy (non-hydrogen) atoms. The minimum absolute atomic E-state index is 0.550. The second kappa shape index (κ2) is 8.48. The standard InChI is InChI=1S/C22H26N4/c1-16(2)14-23-21-13-20(19-10-5-4-6-11-19)25-22(26-21)24-15-18-9-7-8-17(3)12-18/h4-13,16H,14-15H2,1-3H3,(H2,23,24,25,26). The maximum absolute atomic E-state index is 4.71. The molecule has 4 nitrogen and oxygen atoms in total. The van der Waals surface area contributed by atoms with E-state index in [1.54, 1.807) is 0 Å². The summed E-state index contributed by atoms with van der Waals surface area (Å²) in [6.07, 6.45) is 0. The second-order valence-electron chi connectivity index (χ2n) is 6.95. The lowest BCUT2D eigenvalue weighted by Crippen LogP contribution is -2.11. The van der Waals surface area contributed by atoms with Gasteiger partial charge in [-0.2, -0.15) is 4.98 Å². The normalized spacial score (nSPS) is 10.8. The van der Waals surface area contributed by atoms with E-state index in [9.17, 15) is 0 Å². The Labute approximate surface area is 155 Å². The Morgan fingerprint density at radius 3 is 2.42 bits per heavy atom. The first-order valence-electron chi connectivity index (χ1n) is 9.08. The van der Waals surface area contributed by atoms with E-state index >= 15 is 0 Å². The molecular weight excluding hydrogens is 320 g/mol. The van der Waals surface area contributed by atoms with Gasteiger partial charge in [-0.05, 0) is 18.4 Å². The highest BCUT2D eigenvalue weighted by Gasteiger charge is 2.07. The van der Waals surface area contributed by atoms with Crippen LogP contribution in [0, 0.1) is 12.8 Å². The van der Waals surface area contributed by atoms with Gasteiger partial charge in [0.15, 0.2) is 0 Å². The van der Waals surface area contributed by atoms with Crippen LogP contribution < -0.4 is 10.6 Å². The molecule has 0 aliphatic carbocycles. The Kier molecular flexibility index (Phi) is 5.84. The van der Waals surface area contributed by atoms with Crippen LogP contribution in [0.5, 0.6) is 0 Å². The topological polar surface area (TPSA) is 49.8 Å². The van der Waals surface area contributed by atoms with Crippen LogP contribution in [0.1, 0.15) is 25.0 Å². The number of hydrogen-bond acceptors (Lipinski definition) is 4. The molecule has 0 fully saturated rings. The van der Waals surface area contributed by atoms with Gasteiger partial charge in [0.25, 0.3) is 0 Å². The molecule has 0 amide bonds. The first-order chi connectivity index (χ1) is 12.6. The van der Waals surface area contributed by atoms with Crippen molar-refractivity contribution in [1.82, 2.24) is 9.97 Å². The summed E-state index contributed by atoms with van der Waals surface area (Å²) in [5.41, 5.74) is 4.47. The largest absolute Gasteiger partial charge is 0.370 e. The SMILES string of the molecule is Cc1cccc(CNc2nc(NCC(C)C)cc(-c3ccccc3)n2)c1. The van der Waals surface area contributed by atoms with Crippen LogP contribution in [0.25, 0.3) is 11.3 Å². The van der Waals surface area contributed by atoms with Crippen molar-refractivity contribution >= 4 is 11.8 Å². The summed E-state index contributed by atoms with van der Waals surface area (Å²) in [6, 6.07) is 20.7. The predicted molar refractivity (Wildman–Crippen MR) is 109 cm³/mol. The molecule has 134 valence electrons. The van der Waals surface area contributed by atoms with E-state index < -0.39 is 0 Å². The van der Waals surface area contributed by atoms with Crippen molar-refractivity contribution < 1.29 is 0 Å². The lowest BCUT2D eigenvalue weighted by atomic mass is 10.1. The number of rotatable bonds is 7. The molecule has 0 atom stereocenters. The van der Waals surface area contributed by atoms with Crippen LogP contribution in [0.2, 0.25) is 0 Å². The summed E-state index contributed by atoms with van der Waals surface area (Å²) < 4.78 is 0. The molecule has 0 radical (unpaired) electrons. The minimum Gasteiger partial charge on any atom is -0.370 e. The van der Waals surface area contributed by atoms with E-state index in [0.29, 0.717) is 18.4 Å². The molecule has 0 unspecified atom stereocenters. The van der Waals surface area contributed by atoms with E-state index in [0.717, 1.165) is 23.6 Å². The molecule has 4 heteroatoms. The van der Waals surface area contributed by atoms with Crippen LogP contribution in [-0.4, -0.2) is 16.5 Å². The average molecular weight is 346 g/mol. The maximum Gasteiger partial charge on any atom is 0.225 e. The van der Waals surface area contributed by atoms with E-state index in [4.69, 9.17) is 4.98 Å². The second-order valence-corrected chi connectivity index (χ2v) is 6.95. The first kappa shape index (κ1) is 17.9. The Morgan fingerprint density at radius 2 is 1.69 bits per heavy atom. The van der Waals surface area contributed by atoms with Crippen molar-refractivity contribution in [2.45, 2.75) is 27.3 Å². The van der Waals surface area contributed by atoms with Crippen molar-refractivity contribution in [1.29, 1.82) is 0 Å². The Morgan fingerprint density at radius 1 is 0.885 bits per heavy atom. The fraction of sp³-hybridized carbons (Fsp3) is 0.273. The van der Waals surface area contributed by atoms with Crippen molar-refractivity contribution in [3.8, 4) is 11.3 Å². The van der Waals surface area contributed by atoms with Crippen molar-refractivity contribution in [2.75, 3.05) is 17.2 Å². The minimum atomic E-state index is 0.550. The van der Waals surface area contributed by atoms with Gasteiger partial charge in [0, 0.05) is 24.7 Å². The Bertz CT molecular complexity index is 844. The quantitative estimate of drug-likeness (QED) is 0.622. The third kappa shape index (κ3) is 5.06. The first-order valence-corrected chi connectivity index (χ1v) is 9.08. The maximum atomic E-state index is 4.71. The van der Waals surface area contributed by atoms with Crippen molar-refractivity contribution in [2.24, 2.45) is 5.92 Å². The zero-order valence-corrected chi connectivity index (χ0v) is 15.7. The average Bonchev–Trinajstić information content (AvgIpc) is 2.65. The van der Waals surface area contributed by atoms with Gasteiger partial charge in [0.05, 0.1) is 5.69 Å². The number of benzene rings is 2. The zero-order chi connectivity index (χ0) is 18.4. The third-order valence-corrected chi connectivity index (χ3v) is 4.02. The summed E-state index contributed by atoms with van der Waals surface area (Å²) in [7, 11) is 0. The summed E-state index contributed by atoms with van der Waals surface area (Å²) in [5, 5.41) is 6.77. The predicted octanol–water partition coefficient (Wildman–Crippen LogP) is 5.13. The number of aryl methyl sites for hydroxylation is 1. The number of nitrogens with zero attached hydrogens (tertiary/aromatic N) is 2. The van der Waals surface area contributed by atoms with Crippen LogP contribution >= 0.6 is 0 Å². The molecule has 0 aliphatic rings. The van der Waals surface area contributed by atoms with E-state index in [2.05, 4.69) is 72.8 Å². The van der Waals surface area contributed by atoms with Crippen LogP contribution in [0.4, 0.5) is 11.8 Å². The molecule has 0 saturated heterocycles. The molecule has 1 aromatic heterocycles. The highest BCUT2D eigenvalue weighted by Crippen LogP contribution is 2.21. The summed E-state index contributed by atoms with van der Waals surface area (Å²) in [4.78, 5) is 9.34. The van der Waals surface area contributed by atoms with Gasteiger partial charge in [-0.25, -0.2) is 4.98 Å². The number of hydrogen-bond donors (Lipinski definition) is 2. The summed E-state index contributed by atoms with van der Waals surface area (Å²) >= 11 is 0. The van der Waals surface area contributed by atoms with Gasteiger partial charge >= 0.3 is 0 Å². The lowest BCUT2D eigenvalue weighted by Gasteiger charge is -2.13. The van der Waals surface area contributed by atoms with Crippen LogP contribution in [0.3, 0.4) is 0 Å². The van der Waals surface area contributed by atoms with E-state index in [-0.39, 0.29) is 0 Å². The summed E-state index contributed by atoms with van der Waals surface area (Å²) in [6.45, 7) is 8.04. The molecule has 3 rings (SSSR count). The fourth-order valence-electron chi connectivity index (χ4n) is 2.69. The fourth-order valence-corrected chi connectivity index (χ4v) is 2.69. The van der Waals surface area contributed by atoms with Gasteiger partial charge < -0.3 is 10.6 Å². The highest BCUT2D eigenvalue weighted by atomic mass is 15.1. The van der Waals surface area contributed by atoms with Gasteiger partial charge in [0.2, 0.25) is 5.95 Å². The van der Waals surface area contributed by atoms with Crippen molar-refractivity contribution in [3.63, 3.8) is 0 Å². The number of aromatic nitrogens is 2. The van der Waals surface area contributed by atoms with Gasteiger partial charge in [-0.3, -0.25) is 0 Å². The van der Waals surface area contributed by atoms with Crippen molar-refractivity contribution in [3.05, 3.63) is 71.8 Å². The monoisotopic (exact) mass is 346 g/mol. The lowest BCUT2D eigenvalue weighted by molar-refractivity contribution is 0.687. The molecule has 0 aliphatic heterocycles. The molecule has 2 N–H and O–H groups in total. The highest BCUT2D eigenvalue weighted by molar-refractivity contribution is 5.64. The smallest absolute Gasteiger partial charge is 0.225 e. The molecular formula is C22H26N4. The molecule has 0 spiro atoms. The molecule has 2 aromatic carbocycles. The molecule has 0 saturated carbocycles. The molecule has 3 aromatic rings. The van der Waals surface area contributed by atoms with Gasteiger partial charge in [-0.15, -0.1) is 0 Å². The van der Waals surface area contributed by atoms with Gasteiger partial charge in [0.1, 0.15) is 5.82 Å². The Balaban J connectivity index is 1.84. The number of nitrogens with one attached hydrogen (secondary N) is 2. The van der Waals surface area contributed by atoms with Crippen LogP contribution in [-0.2, 0) is 6.54 Å². The Hall–Kier alpha value is -2.88. The number of anilines is 2. The van der Waals surface area contributed by atoms with E-state index in [1.165, 1.54) is 11.1 Å². The zero-order valence-electron chi connectivity index (χ0n) is 15.7. The van der Waals surface area contributed by atoms with Gasteiger partial charge in [-0.1, -0.05) is 74.0 Å². The van der Waals surface area contributed by atoms with E-state index in [1.807, 2.05) is 24.3 Å². The van der Waals surface area contributed by atoms with Crippen LogP contribution in [0.15, 0.2) is 60.7 Å². The summed E-state index contributed by atoms with van der Waals surface area (Å²) in [5.74, 6) is 2.03. The molecule has 1 heterocycles. The third-order valence-electron chi connectivity index (χ3n) is 4.02.